The number of benzene rings is 1. The Morgan fingerprint density at radius 2 is 1.77 bits per heavy atom. The molecule has 1 N–H and O–H groups in total. The Morgan fingerprint density at radius 1 is 1.08 bits per heavy atom. The summed E-state index contributed by atoms with van der Waals surface area (Å²) in [5, 5.41) is 4.71. The molecule has 3 nitrogen and oxygen atoms in total. The highest BCUT2D eigenvalue weighted by molar-refractivity contribution is 6.31. The minimum Gasteiger partial charge on any atom is -0.493 e. The first-order chi connectivity index (χ1) is 12.3. The van der Waals surface area contributed by atoms with Crippen LogP contribution in [0.3, 0.4) is 0 Å². The van der Waals surface area contributed by atoms with E-state index in [9.17, 15) is 0 Å². The van der Waals surface area contributed by atoms with Crippen molar-refractivity contribution in [1.82, 2.24) is 5.32 Å². The molecule has 0 aliphatic heterocycles. The Kier molecular flexibility index (Phi) is 4.47. The van der Waals surface area contributed by atoms with Crippen molar-refractivity contribution in [3.05, 3.63) is 22.7 Å². The minimum atomic E-state index is 0.276. The lowest BCUT2D eigenvalue weighted by Crippen LogP contribution is -2.63. The second-order valence-corrected chi connectivity index (χ2v) is 10.2. The molecule has 1 aromatic rings. The van der Waals surface area contributed by atoms with E-state index in [0.29, 0.717) is 23.2 Å². The number of halogens is 1. The highest BCUT2D eigenvalue weighted by atomic mass is 35.5. The molecule has 2 atom stereocenters. The third-order valence-electron chi connectivity index (χ3n) is 6.91. The van der Waals surface area contributed by atoms with Gasteiger partial charge in [0.15, 0.2) is 11.5 Å². The lowest BCUT2D eigenvalue weighted by molar-refractivity contribution is -0.118. The molecule has 1 aromatic carbocycles. The van der Waals surface area contributed by atoms with Gasteiger partial charge in [-0.3, -0.25) is 0 Å². The van der Waals surface area contributed by atoms with Gasteiger partial charge < -0.3 is 14.8 Å². The van der Waals surface area contributed by atoms with E-state index in [1.54, 1.807) is 7.11 Å². The summed E-state index contributed by atoms with van der Waals surface area (Å²) in [4.78, 5) is 0. The lowest BCUT2D eigenvalue weighted by Gasteiger charge is -2.65. The maximum absolute atomic E-state index is 6.55. The maximum atomic E-state index is 6.55. The molecular weight excluding hydrogens is 346 g/mol. The van der Waals surface area contributed by atoms with Crippen molar-refractivity contribution in [2.45, 2.75) is 71.4 Å². The molecule has 0 aromatic heterocycles. The van der Waals surface area contributed by atoms with Gasteiger partial charge in [0, 0.05) is 23.2 Å². The molecule has 4 aliphatic carbocycles. The molecule has 0 saturated heterocycles. The van der Waals surface area contributed by atoms with Crippen molar-refractivity contribution in [2.75, 3.05) is 13.7 Å². The molecule has 4 bridgehead atoms. The molecule has 0 radical (unpaired) electrons. The average molecular weight is 378 g/mol. The first-order valence-electron chi connectivity index (χ1n) is 10.0. The number of ether oxygens (including phenoxy) is 2. The van der Waals surface area contributed by atoms with Crippen LogP contribution in [0.2, 0.25) is 5.02 Å². The monoisotopic (exact) mass is 377 g/mol. The minimum absolute atomic E-state index is 0.276. The molecule has 5 rings (SSSR count). The first-order valence-corrected chi connectivity index (χ1v) is 10.4. The number of hydrogen-bond donors (Lipinski definition) is 1. The molecule has 0 spiro atoms. The summed E-state index contributed by atoms with van der Waals surface area (Å²) in [6, 6.07) is 3.92. The van der Waals surface area contributed by atoms with Gasteiger partial charge in [0.1, 0.15) is 0 Å². The van der Waals surface area contributed by atoms with Crippen LogP contribution < -0.4 is 14.8 Å². The molecule has 4 heteroatoms. The van der Waals surface area contributed by atoms with Crippen LogP contribution in [-0.2, 0) is 6.54 Å². The normalized spacial score (nSPS) is 37.8. The van der Waals surface area contributed by atoms with E-state index < -0.39 is 0 Å². The van der Waals surface area contributed by atoms with Crippen LogP contribution in [0.25, 0.3) is 0 Å². The topological polar surface area (TPSA) is 30.5 Å². The van der Waals surface area contributed by atoms with Crippen LogP contribution >= 0.6 is 11.6 Å². The summed E-state index contributed by atoms with van der Waals surface area (Å²) in [5.74, 6) is 2.37. The Morgan fingerprint density at radius 3 is 2.35 bits per heavy atom. The van der Waals surface area contributed by atoms with Crippen molar-refractivity contribution in [1.29, 1.82) is 0 Å². The van der Waals surface area contributed by atoms with E-state index >= 15 is 0 Å². The Hall–Kier alpha value is -0.930. The van der Waals surface area contributed by atoms with Gasteiger partial charge >= 0.3 is 0 Å². The van der Waals surface area contributed by atoms with Gasteiger partial charge in [-0.1, -0.05) is 25.4 Å². The summed E-state index contributed by atoms with van der Waals surface area (Å²) in [5.41, 5.74) is 2.41. The third kappa shape index (κ3) is 3.22. The van der Waals surface area contributed by atoms with Gasteiger partial charge in [-0.2, -0.15) is 0 Å². The SMILES string of the molecule is CCOc1cc(CNC23CC4CC(C)(CC(C)(C4)C2)C3)c(Cl)cc1OC. The predicted octanol–water partition coefficient (Wildman–Crippen LogP) is 5.59. The molecule has 4 aliphatic rings. The van der Waals surface area contributed by atoms with Gasteiger partial charge in [0.25, 0.3) is 0 Å². The van der Waals surface area contributed by atoms with Crippen molar-refractivity contribution in [3.8, 4) is 11.5 Å². The smallest absolute Gasteiger partial charge is 0.162 e. The average Bonchev–Trinajstić information content (AvgIpc) is 2.51. The van der Waals surface area contributed by atoms with Crippen LogP contribution in [0.15, 0.2) is 12.1 Å². The van der Waals surface area contributed by atoms with Crippen LogP contribution in [-0.4, -0.2) is 19.3 Å². The second-order valence-electron chi connectivity index (χ2n) is 9.79. The number of rotatable bonds is 6. The number of hydrogen-bond acceptors (Lipinski definition) is 3. The zero-order valence-corrected chi connectivity index (χ0v) is 17.3. The predicted molar refractivity (Wildman–Crippen MR) is 106 cm³/mol. The van der Waals surface area contributed by atoms with Gasteiger partial charge in [0.05, 0.1) is 13.7 Å². The molecule has 0 amide bonds. The summed E-state index contributed by atoms with van der Waals surface area (Å²) in [6.07, 6.45) is 8.17. The van der Waals surface area contributed by atoms with E-state index in [0.717, 1.165) is 28.8 Å². The molecule has 4 fully saturated rings. The quantitative estimate of drug-likeness (QED) is 0.701. The Balaban J connectivity index is 1.55. The highest BCUT2D eigenvalue weighted by Crippen LogP contribution is 2.66. The summed E-state index contributed by atoms with van der Waals surface area (Å²) < 4.78 is 11.1. The van der Waals surface area contributed by atoms with Crippen LogP contribution in [0.4, 0.5) is 0 Å². The van der Waals surface area contributed by atoms with E-state index in [1.165, 1.54) is 38.5 Å². The van der Waals surface area contributed by atoms with Crippen molar-refractivity contribution in [2.24, 2.45) is 16.7 Å². The molecule has 4 saturated carbocycles. The standard InChI is InChI=1S/C22H32ClNO2/c1-5-26-19-6-16(17(23)7-18(19)25-4)11-24-22-10-15-8-20(2,13-22)12-21(3,9-15)14-22/h6-7,15,24H,5,8-14H2,1-4H3. The van der Waals surface area contributed by atoms with E-state index in [2.05, 4.69) is 19.2 Å². The molecule has 0 heterocycles. The van der Waals surface area contributed by atoms with Crippen molar-refractivity contribution >= 4 is 11.6 Å². The fourth-order valence-corrected chi connectivity index (χ4v) is 7.29. The highest BCUT2D eigenvalue weighted by Gasteiger charge is 2.59. The summed E-state index contributed by atoms with van der Waals surface area (Å²) in [6.45, 7) is 8.43. The largest absolute Gasteiger partial charge is 0.493 e. The maximum Gasteiger partial charge on any atom is 0.162 e. The molecule has 26 heavy (non-hydrogen) atoms. The number of nitrogens with one attached hydrogen (secondary N) is 1. The third-order valence-corrected chi connectivity index (χ3v) is 7.26. The fourth-order valence-electron chi connectivity index (χ4n) is 7.07. The first kappa shape index (κ1) is 18.4. The van der Waals surface area contributed by atoms with Crippen LogP contribution in [0, 0.1) is 16.7 Å². The van der Waals surface area contributed by atoms with Crippen LogP contribution in [0.1, 0.15) is 64.9 Å². The molecular formula is C22H32ClNO2. The number of methoxy groups -OCH3 is 1. The zero-order valence-electron chi connectivity index (χ0n) is 16.6. The van der Waals surface area contributed by atoms with Crippen molar-refractivity contribution < 1.29 is 9.47 Å². The Labute approximate surface area is 162 Å². The summed E-state index contributed by atoms with van der Waals surface area (Å²) >= 11 is 6.55. The lowest BCUT2D eigenvalue weighted by atomic mass is 9.43. The fraction of sp³-hybridized carbons (Fsp3) is 0.727. The van der Waals surface area contributed by atoms with Crippen LogP contribution in [0.5, 0.6) is 11.5 Å². The Bertz CT molecular complexity index is 686. The zero-order chi connectivity index (χ0) is 18.6. The summed E-state index contributed by atoms with van der Waals surface area (Å²) in [7, 11) is 1.66. The second kappa shape index (κ2) is 6.31. The van der Waals surface area contributed by atoms with Gasteiger partial charge in [-0.25, -0.2) is 0 Å². The van der Waals surface area contributed by atoms with E-state index in [1.807, 2.05) is 19.1 Å². The van der Waals surface area contributed by atoms with Gasteiger partial charge in [-0.15, -0.1) is 0 Å². The van der Waals surface area contributed by atoms with E-state index in [4.69, 9.17) is 21.1 Å². The van der Waals surface area contributed by atoms with Gasteiger partial charge in [-0.05, 0) is 73.8 Å². The molecule has 2 unspecified atom stereocenters. The van der Waals surface area contributed by atoms with E-state index in [-0.39, 0.29) is 5.54 Å². The van der Waals surface area contributed by atoms with Gasteiger partial charge in [0.2, 0.25) is 0 Å². The molecule has 144 valence electrons. The van der Waals surface area contributed by atoms with Crippen molar-refractivity contribution in [3.63, 3.8) is 0 Å².